The zero-order chi connectivity index (χ0) is 14.3. The van der Waals surface area contributed by atoms with E-state index < -0.39 is 23.2 Å². The highest BCUT2D eigenvalue weighted by Crippen LogP contribution is 2.38. The van der Waals surface area contributed by atoms with Gasteiger partial charge in [0.15, 0.2) is 0 Å². The minimum atomic E-state index is -4.43. The first-order valence-electron chi connectivity index (χ1n) is 5.99. The van der Waals surface area contributed by atoms with Gasteiger partial charge in [-0.05, 0) is 43.9 Å². The molecule has 19 heavy (non-hydrogen) atoms. The number of carbonyl (C=O) groups excluding carboxylic acids is 1. The molecular formula is C13H15F3N2O. The Balaban J connectivity index is 2.13. The summed E-state index contributed by atoms with van der Waals surface area (Å²) < 4.78 is 37.6. The van der Waals surface area contributed by atoms with Crippen molar-refractivity contribution in [1.82, 2.24) is 0 Å². The number of halogens is 3. The Morgan fingerprint density at radius 1 is 1.37 bits per heavy atom. The van der Waals surface area contributed by atoms with Gasteiger partial charge in [0.05, 0.1) is 11.1 Å². The fourth-order valence-electron chi connectivity index (χ4n) is 1.91. The molecule has 6 heteroatoms. The summed E-state index contributed by atoms with van der Waals surface area (Å²) in [6.45, 7) is 1.60. The fraction of sp³-hybridized carbons (Fsp3) is 0.462. The van der Waals surface area contributed by atoms with E-state index in [0.717, 1.165) is 25.0 Å². The first kappa shape index (κ1) is 13.9. The molecule has 0 radical (unpaired) electrons. The van der Waals surface area contributed by atoms with Gasteiger partial charge in [-0.1, -0.05) is 6.07 Å². The van der Waals surface area contributed by atoms with E-state index in [0.29, 0.717) is 0 Å². The number of hydrogen-bond acceptors (Lipinski definition) is 2. The number of nitrogens with two attached hydrogens (primary N) is 1. The van der Waals surface area contributed by atoms with Gasteiger partial charge >= 0.3 is 6.18 Å². The molecule has 3 nitrogen and oxygen atoms in total. The maximum Gasteiger partial charge on any atom is 0.416 e. The van der Waals surface area contributed by atoms with Crippen LogP contribution in [0.3, 0.4) is 0 Å². The summed E-state index contributed by atoms with van der Waals surface area (Å²) in [7, 11) is 0. The van der Waals surface area contributed by atoms with Crippen LogP contribution >= 0.6 is 0 Å². The first-order valence-corrected chi connectivity index (χ1v) is 5.99. The molecule has 1 aliphatic rings. The van der Waals surface area contributed by atoms with Gasteiger partial charge in [0.2, 0.25) is 5.91 Å². The molecule has 1 fully saturated rings. The highest BCUT2D eigenvalue weighted by atomic mass is 19.4. The van der Waals surface area contributed by atoms with E-state index >= 15 is 0 Å². The second kappa shape index (κ2) is 4.52. The lowest BCUT2D eigenvalue weighted by Crippen LogP contribution is -2.50. The summed E-state index contributed by atoms with van der Waals surface area (Å²) in [6.07, 6.45) is -2.67. The molecule has 0 heterocycles. The van der Waals surface area contributed by atoms with E-state index in [1.165, 1.54) is 12.1 Å². The minimum absolute atomic E-state index is 0.108. The number of carbonyl (C=O) groups is 1. The van der Waals surface area contributed by atoms with Gasteiger partial charge < -0.3 is 11.1 Å². The molecule has 1 aromatic carbocycles. The van der Waals surface area contributed by atoms with Gasteiger partial charge in [-0.2, -0.15) is 13.2 Å². The lowest BCUT2D eigenvalue weighted by Gasteiger charge is -2.23. The molecule has 0 aromatic heterocycles. The summed E-state index contributed by atoms with van der Waals surface area (Å²) in [5, 5.41) is 2.45. The summed E-state index contributed by atoms with van der Waals surface area (Å²) in [4.78, 5) is 12.0. The predicted octanol–water partition coefficient (Wildman–Crippen LogP) is 2.77. The Morgan fingerprint density at radius 2 is 2.00 bits per heavy atom. The van der Waals surface area contributed by atoms with Crippen molar-refractivity contribution in [2.45, 2.75) is 31.5 Å². The van der Waals surface area contributed by atoms with Crippen molar-refractivity contribution in [2.75, 3.05) is 5.32 Å². The van der Waals surface area contributed by atoms with E-state index in [1.807, 2.05) is 0 Å². The van der Waals surface area contributed by atoms with Crippen LogP contribution in [-0.2, 0) is 11.0 Å². The number of rotatable bonds is 3. The van der Waals surface area contributed by atoms with E-state index in [2.05, 4.69) is 5.32 Å². The third kappa shape index (κ3) is 3.07. The lowest BCUT2D eigenvalue weighted by atomic mass is 9.96. The molecule has 104 valence electrons. The average Bonchev–Trinajstić information content (AvgIpc) is 3.12. The number of alkyl halides is 3. The van der Waals surface area contributed by atoms with E-state index in [-0.39, 0.29) is 11.6 Å². The molecule has 1 aliphatic carbocycles. The van der Waals surface area contributed by atoms with Gasteiger partial charge in [0, 0.05) is 5.69 Å². The van der Waals surface area contributed by atoms with Crippen molar-refractivity contribution in [3.05, 3.63) is 29.8 Å². The average molecular weight is 272 g/mol. The summed E-state index contributed by atoms with van der Waals surface area (Å²) in [5.74, 6) is -0.340. The number of amides is 1. The van der Waals surface area contributed by atoms with Gasteiger partial charge in [-0.3, -0.25) is 4.79 Å². The van der Waals surface area contributed by atoms with Crippen molar-refractivity contribution in [3.63, 3.8) is 0 Å². The van der Waals surface area contributed by atoms with E-state index in [4.69, 9.17) is 5.73 Å². The molecule has 2 rings (SSSR count). The summed E-state index contributed by atoms with van der Waals surface area (Å²) in [6, 6.07) is 4.53. The standard InChI is InChI=1S/C13H15F3N2O/c1-12(17,8-5-6-8)11(19)18-10-4-2-3-9(7-10)13(14,15)16/h2-4,7-8H,5-6,17H2,1H3,(H,18,19). The normalized spacial score (nSPS) is 18.8. The van der Waals surface area contributed by atoms with Gasteiger partial charge in [0.25, 0.3) is 0 Å². The SMILES string of the molecule is CC(N)(C(=O)Nc1cccc(C(F)(F)F)c1)C1CC1. The number of nitrogens with one attached hydrogen (secondary N) is 1. The van der Waals surface area contributed by atoms with E-state index in [1.54, 1.807) is 6.92 Å². The third-order valence-corrected chi connectivity index (χ3v) is 3.36. The first-order chi connectivity index (χ1) is 8.71. The largest absolute Gasteiger partial charge is 0.416 e. The van der Waals surface area contributed by atoms with Crippen LogP contribution in [0, 0.1) is 5.92 Å². The molecule has 3 N–H and O–H groups in total. The quantitative estimate of drug-likeness (QED) is 0.889. The molecular weight excluding hydrogens is 257 g/mol. The third-order valence-electron chi connectivity index (χ3n) is 3.36. The van der Waals surface area contributed by atoms with Crippen LogP contribution < -0.4 is 11.1 Å². The zero-order valence-electron chi connectivity index (χ0n) is 10.4. The van der Waals surface area contributed by atoms with Gasteiger partial charge in [0.1, 0.15) is 0 Å². The lowest BCUT2D eigenvalue weighted by molar-refractivity contribution is -0.137. The Bertz CT molecular complexity index is 493. The van der Waals surface area contributed by atoms with Crippen molar-refractivity contribution in [1.29, 1.82) is 0 Å². The summed E-state index contributed by atoms with van der Waals surface area (Å²) >= 11 is 0. The molecule has 1 aromatic rings. The Kier molecular flexibility index (Phi) is 3.30. The summed E-state index contributed by atoms with van der Waals surface area (Å²) in [5.41, 5.74) is 4.18. The van der Waals surface area contributed by atoms with Crippen LogP contribution in [0.5, 0.6) is 0 Å². The van der Waals surface area contributed by atoms with Crippen molar-refractivity contribution in [3.8, 4) is 0 Å². The van der Waals surface area contributed by atoms with Gasteiger partial charge in [-0.25, -0.2) is 0 Å². The topological polar surface area (TPSA) is 55.1 Å². The van der Waals surface area contributed by atoms with Crippen molar-refractivity contribution >= 4 is 11.6 Å². The van der Waals surface area contributed by atoms with E-state index in [9.17, 15) is 18.0 Å². The van der Waals surface area contributed by atoms with Crippen LogP contribution in [-0.4, -0.2) is 11.4 Å². The molecule has 0 spiro atoms. The second-order valence-corrected chi connectivity index (χ2v) is 5.09. The maximum absolute atomic E-state index is 12.5. The number of hydrogen-bond donors (Lipinski definition) is 2. The predicted molar refractivity (Wildman–Crippen MR) is 65.4 cm³/mol. The van der Waals surface area contributed by atoms with Gasteiger partial charge in [-0.15, -0.1) is 0 Å². The van der Waals surface area contributed by atoms with Crippen LogP contribution in [0.25, 0.3) is 0 Å². The smallest absolute Gasteiger partial charge is 0.324 e. The molecule has 0 bridgehead atoms. The Hall–Kier alpha value is -1.56. The Morgan fingerprint density at radius 3 is 2.53 bits per heavy atom. The molecule has 0 aliphatic heterocycles. The van der Waals surface area contributed by atoms with Crippen LogP contribution in [0.1, 0.15) is 25.3 Å². The van der Waals surface area contributed by atoms with Crippen molar-refractivity contribution in [2.24, 2.45) is 11.7 Å². The van der Waals surface area contributed by atoms with Crippen molar-refractivity contribution < 1.29 is 18.0 Å². The second-order valence-electron chi connectivity index (χ2n) is 5.09. The monoisotopic (exact) mass is 272 g/mol. The highest BCUT2D eigenvalue weighted by Gasteiger charge is 2.44. The van der Waals surface area contributed by atoms with Crippen LogP contribution in [0.2, 0.25) is 0 Å². The molecule has 1 saturated carbocycles. The Labute approximate surface area is 109 Å². The number of anilines is 1. The molecule has 0 saturated heterocycles. The molecule has 1 unspecified atom stereocenters. The van der Waals surface area contributed by atoms with Crippen LogP contribution in [0.4, 0.5) is 18.9 Å². The zero-order valence-corrected chi connectivity index (χ0v) is 10.4. The number of benzene rings is 1. The van der Waals surface area contributed by atoms with Crippen LogP contribution in [0.15, 0.2) is 24.3 Å². The minimum Gasteiger partial charge on any atom is -0.324 e. The maximum atomic E-state index is 12.5. The molecule has 1 amide bonds. The fourth-order valence-corrected chi connectivity index (χ4v) is 1.91. The molecule has 1 atom stereocenters. The highest BCUT2D eigenvalue weighted by molar-refractivity contribution is 5.98.